The van der Waals surface area contributed by atoms with Gasteiger partial charge in [-0.2, -0.15) is 0 Å². The van der Waals surface area contributed by atoms with Crippen LogP contribution in [0.5, 0.6) is 0 Å². The van der Waals surface area contributed by atoms with Gasteiger partial charge in [-0.15, -0.1) is 0 Å². The Hall–Kier alpha value is -0.860. The van der Waals surface area contributed by atoms with Crippen LogP contribution >= 0.6 is 0 Å². The van der Waals surface area contributed by atoms with Crippen LogP contribution in [0.2, 0.25) is 0 Å². The van der Waals surface area contributed by atoms with Crippen LogP contribution in [0, 0.1) is 0 Å². The van der Waals surface area contributed by atoms with Gasteiger partial charge in [-0.05, 0) is 26.3 Å². The van der Waals surface area contributed by atoms with E-state index in [-0.39, 0.29) is 5.60 Å². The Morgan fingerprint density at radius 3 is 2.40 bits per heavy atom. The van der Waals surface area contributed by atoms with Gasteiger partial charge in [-0.25, -0.2) is 0 Å². The van der Waals surface area contributed by atoms with Gasteiger partial charge in [0.1, 0.15) is 0 Å². The Labute approximate surface area is 92.6 Å². The maximum absolute atomic E-state index is 5.43. The van der Waals surface area contributed by atoms with E-state index in [4.69, 9.17) is 4.74 Å². The zero-order valence-electron chi connectivity index (χ0n) is 10.1. The number of hydrogen-bond donors (Lipinski definition) is 1. The third-order valence-corrected chi connectivity index (χ3v) is 3.02. The second-order valence-electron chi connectivity index (χ2n) is 4.40. The molecule has 84 valence electrons. The van der Waals surface area contributed by atoms with Crippen molar-refractivity contribution >= 4 is 0 Å². The van der Waals surface area contributed by atoms with Crippen molar-refractivity contribution in [2.45, 2.75) is 39.0 Å². The zero-order valence-corrected chi connectivity index (χ0v) is 10.1. The molecule has 0 amide bonds. The summed E-state index contributed by atoms with van der Waals surface area (Å²) < 4.78 is 5.43. The predicted molar refractivity (Wildman–Crippen MR) is 63.8 cm³/mol. The first-order valence-corrected chi connectivity index (χ1v) is 5.38. The average Bonchev–Trinajstić information content (AvgIpc) is 2.27. The number of ether oxygens (including phenoxy) is 1. The number of rotatable bonds is 5. The summed E-state index contributed by atoms with van der Waals surface area (Å²) in [4.78, 5) is 0. The number of methoxy groups -OCH3 is 1. The molecule has 0 spiro atoms. The van der Waals surface area contributed by atoms with Crippen molar-refractivity contribution < 1.29 is 4.74 Å². The van der Waals surface area contributed by atoms with Crippen molar-refractivity contribution in [3.63, 3.8) is 0 Å². The lowest BCUT2D eigenvalue weighted by Gasteiger charge is -2.31. The zero-order chi connectivity index (χ0) is 11.3. The first-order chi connectivity index (χ1) is 7.06. The van der Waals surface area contributed by atoms with E-state index in [1.807, 2.05) is 6.07 Å². The summed E-state index contributed by atoms with van der Waals surface area (Å²) >= 11 is 0. The first-order valence-electron chi connectivity index (χ1n) is 5.38. The van der Waals surface area contributed by atoms with Crippen molar-refractivity contribution in [3.05, 3.63) is 35.9 Å². The van der Waals surface area contributed by atoms with Crippen molar-refractivity contribution in [2.24, 2.45) is 0 Å². The van der Waals surface area contributed by atoms with Gasteiger partial charge >= 0.3 is 0 Å². The molecule has 0 fully saturated rings. The van der Waals surface area contributed by atoms with E-state index in [0.717, 1.165) is 6.54 Å². The first kappa shape index (κ1) is 12.2. The molecule has 1 aromatic carbocycles. The van der Waals surface area contributed by atoms with E-state index < -0.39 is 0 Å². The van der Waals surface area contributed by atoms with E-state index in [0.29, 0.717) is 6.04 Å². The van der Waals surface area contributed by atoms with Gasteiger partial charge in [-0.1, -0.05) is 30.3 Å². The van der Waals surface area contributed by atoms with E-state index in [1.165, 1.54) is 5.56 Å². The topological polar surface area (TPSA) is 21.3 Å². The van der Waals surface area contributed by atoms with Gasteiger partial charge in [0.15, 0.2) is 0 Å². The Balaban J connectivity index is 2.44. The highest BCUT2D eigenvalue weighted by Crippen LogP contribution is 2.13. The molecule has 2 nitrogen and oxygen atoms in total. The number of benzene rings is 1. The highest BCUT2D eigenvalue weighted by molar-refractivity contribution is 5.14. The number of nitrogens with one attached hydrogen (secondary N) is 1. The van der Waals surface area contributed by atoms with E-state index >= 15 is 0 Å². The average molecular weight is 207 g/mol. The van der Waals surface area contributed by atoms with Crippen LogP contribution in [-0.4, -0.2) is 18.8 Å². The summed E-state index contributed by atoms with van der Waals surface area (Å²) in [6, 6.07) is 10.7. The molecule has 0 aliphatic heterocycles. The molecule has 0 saturated heterocycles. The fraction of sp³-hybridized carbons (Fsp3) is 0.538. The van der Waals surface area contributed by atoms with Crippen LogP contribution in [0.3, 0.4) is 0 Å². The van der Waals surface area contributed by atoms with Crippen LogP contribution in [0.25, 0.3) is 0 Å². The molecular weight excluding hydrogens is 186 g/mol. The number of hydrogen-bond acceptors (Lipinski definition) is 2. The van der Waals surface area contributed by atoms with E-state index in [1.54, 1.807) is 7.11 Å². The molecule has 1 N–H and O–H groups in total. The highest BCUT2D eigenvalue weighted by Gasteiger charge is 2.24. The Kier molecular flexibility index (Phi) is 4.30. The Bertz CT molecular complexity index is 282. The maximum Gasteiger partial charge on any atom is 0.0772 e. The summed E-state index contributed by atoms with van der Waals surface area (Å²) in [6.07, 6.45) is 0. The van der Waals surface area contributed by atoms with Crippen LogP contribution < -0.4 is 5.32 Å². The van der Waals surface area contributed by atoms with Gasteiger partial charge in [0.2, 0.25) is 0 Å². The normalized spacial score (nSPS) is 13.9. The fourth-order valence-electron chi connectivity index (χ4n) is 1.29. The molecule has 15 heavy (non-hydrogen) atoms. The molecule has 0 aliphatic carbocycles. The molecular formula is C13H21NO. The summed E-state index contributed by atoms with van der Waals surface area (Å²) in [6.45, 7) is 7.21. The van der Waals surface area contributed by atoms with Gasteiger partial charge in [0.05, 0.1) is 5.60 Å². The largest absolute Gasteiger partial charge is 0.377 e. The SMILES string of the molecule is COC(C)(C)C(C)NCc1ccccc1. The second-order valence-corrected chi connectivity index (χ2v) is 4.40. The van der Waals surface area contributed by atoms with Crippen LogP contribution in [-0.2, 0) is 11.3 Å². The Morgan fingerprint density at radius 2 is 1.87 bits per heavy atom. The molecule has 1 aromatic rings. The molecule has 0 aromatic heterocycles. The fourth-order valence-corrected chi connectivity index (χ4v) is 1.29. The van der Waals surface area contributed by atoms with Gasteiger partial charge in [-0.3, -0.25) is 0 Å². The summed E-state index contributed by atoms with van der Waals surface area (Å²) in [7, 11) is 1.75. The lowest BCUT2D eigenvalue weighted by Crippen LogP contribution is -2.45. The highest BCUT2D eigenvalue weighted by atomic mass is 16.5. The predicted octanol–water partition coefficient (Wildman–Crippen LogP) is 2.59. The van der Waals surface area contributed by atoms with Crippen molar-refractivity contribution in [3.8, 4) is 0 Å². The third-order valence-electron chi connectivity index (χ3n) is 3.02. The molecule has 1 atom stereocenters. The molecule has 2 heteroatoms. The van der Waals surface area contributed by atoms with Gasteiger partial charge in [0.25, 0.3) is 0 Å². The summed E-state index contributed by atoms with van der Waals surface area (Å²) in [5, 5.41) is 3.47. The van der Waals surface area contributed by atoms with Crippen LogP contribution in [0.15, 0.2) is 30.3 Å². The lowest BCUT2D eigenvalue weighted by atomic mass is 10.00. The second kappa shape index (κ2) is 5.29. The van der Waals surface area contributed by atoms with E-state index in [2.05, 4.69) is 50.4 Å². The summed E-state index contributed by atoms with van der Waals surface area (Å²) in [5.74, 6) is 0. The quantitative estimate of drug-likeness (QED) is 0.801. The van der Waals surface area contributed by atoms with Crippen molar-refractivity contribution in [2.75, 3.05) is 7.11 Å². The molecule has 0 bridgehead atoms. The Morgan fingerprint density at radius 1 is 1.27 bits per heavy atom. The molecule has 1 unspecified atom stereocenters. The lowest BCUT2D eigenvalue weighted by molar-refractivity contribution is -0.00544. The molecule has 0 saturated carbocycles. The molecule has 0 heterocycles. The molecule has 0 radical (unpaired) electrons. The van der Waals surface area contributed by atoms with Crippen molar-refractivity contribution in [1.82, 2.24) is 5.32 Å². The maximum atomic E-state index is 5.43. The standard InChI is InChI=1S/C13H21NO/c1-11(13(2,3)15-4)14-10-12-8-6-5-7-9-12/h5-9,11,14H,10H2,1-4H3. The minimum Gasteiger partial charge on any atom is -0.377 e. The van der Waals surface area contributed by atoms with Crippen molar-refractivity contribution in [1.29, 1.82) is 0 Å². The molecule has 1 rings (SSSR count). The van der Waals surface area contributed by atoms with Crippen LogP contribution in [0.4, 0.5) is 0 Å². The van der Waals surface area contributed by atoms with Gasteiger partial charge in [0, 0.05) is 19.7 Å². The minimum atomic E-state index is -0.130. The van der Waals surface area contributed by atoms with Gasteiger partial charge < -0.3 is 10.1 Å². The smallest absolute Gasteiger partial charge is 0.0772 e. The van der Waals surface area contributed by atoms with Crippen LogP contribution in [0.1, 0.15) is 26.3 Å². The van der Waals surface area contributed by atoms with E-state index in [9.17, 15) is 0 Å². The third kappa shape index (κ3) is 3.65. The summed E-state index contributed by atoms with van der Waals surface area (Å²) in [5.41, 5.74) is 1.17. The monoisotopic (exact) mass is 207 g/mol. The minimum absolute atomic E-state index is 0.130. The molecule has 0 aliphatic rings.